The fourth-order valence-corrected chi connectivity index (χ4v) is 4.67. The molecule has 4 rings (SSSR count). The number of amides is 1. The number of aromatic nitrogens is 2. The van der Waals surface area contributed by atoms with E-state index in [-0.39, 0.29) is 17.9 Å². The first-order valence-corrected chi connectivity index (χ1v) is 9.76. The van der Waals surface area contributed by atoms with Crippen molar-refractivity contribution in [1.29, 1.82) is 0 Å². The summed E-state index contributed by atoms with van der Waals surface area (Å²) in [6.07, 6.45) is 4.54. The number of aliphatic carboxylic acids is 1. The summed E-state index contributed by atoms with van der Waals surface area (Å²) in [6, 6.07) is 6.68. The van der Waals surface area contributed by atoms with Gasteiger partial charge in [-0.3, -0.25) is 4.79 Å². The van der Waals surface area contributed by atoms with Crippen LogP contribution in [0.4, 0.5) is 0 Å². The molecule has 2 N–H and O–H groups in total. The van der Waals surface area contributed by atoms with Gasteiger partial charge in [0, 0.05) is 17.3 Å². The number of carbonyl (C=O) groups is 2. The summed E-state index contributed by atoms with van der Waals surface area (Å²) in [6.45, 7) is 1.80. The first kappa shape index (κ1) is 18.5. The minimum atomic E-state index is -0.927. The van der Waals surface area contributed by atoms with E-state index in [0.29, 0.717) is 29.4 Å². The van der Waals surface area contributed by atoms with Gasteiger partial charge in [-0.15, -0.1) is 0 Å². The Morgan fingerprint density at radius 3 is 2.82 bits per heavy atom. The molecule has 28 heavy (non-hydrogen) atoms. The van der Waals surface area contributed by atoms with Gasteiger partial charge in [-0.05, 0) is 44.2 Å². The first-order chi connectivity index (χ1) is 13.5. The van der Waals surface area contributed by atoms with E-state index >= 15 is 0 Å². The van der Waals surface area contributed by atoms with Crippen molar-refractivity contribution in [1.82, 2.24) is 14.9 Å². The molecule has 2 aliphatic rings. The number of benzene rings is 1. The molecule has 0 radical (unpaired) electrons. The lowest BCUT2D eigenvalue weighted by atomic mass is 9.84. The number of H-pyrrole nitrogens is 1. The molecule has 7 nitrogen and oxygen atoms in total. The molecule has 1 saturated heterocycles. The maximum Gasteiger partial charge on any atom is 0.326 e. The fraction of sp³-hybridized carbons (Fsp3) is 0.476. The minimum absolute atomic E-state index is 0.00119. The number of carbonyl (C=O) groups excluding carboxylic acids is 1. The number of carboxylic acids is 1. The average molecular weight is 383 g/mol. The highest BCUT2D eigenvalue weighted by molar-refractivity contribution is 5.97. The molecule has 0 bridgehead atoms. The van der Waals surface area contributed by atoms with E-state index in [1.807, 2.05) is 24.3 Å². The number of imidazole rings is 1. The van der Waals surface area contributed by atoms with Gasteiger partial charge in [-0.1, -0.05) is 25.0 Å². The van der Waals surface area contributed by atoms with Crippen molar-refractivity contribution < 1.29 is 19.4 Å². The van der Waals surface area contributed by atoms with Gasteiger partial charge in [0.15, 0.2) is 0 Å². The molecule has 2 fully saturated rings. The summed E-state index contributed by atoms with van der Waals surface area (Å²) < 4.78 is 5.26. The van der Waals surface area contributed by atoms with Crippen LogP contribution >= 0.6 is 0 Å². The molecule has 7 heteroatoms. The Balaban J connectivity index is 1.67. The number of methoxy groups -OCH3 is 1. The van der Waals surface area contributed by atoms with Crippen LogP contribution in [-0.2, 0) is 4.79 Å². The van der Waals surface area contributed by atoms with Crippen LogP contribution in [0.1, 0.15) is 48.3 Å². The van der Waals surface area contributed by atoms with E-state index in [1.165, 1.54) is 0 Å². The number of aryl methyl sites for hydroxylation is 1. The second-order valence-corrected chi connectivity index (χ2v) is 7.71. The van der Waals surface area contributed by atoms with E-state index in [0.717, 1.165) is 31.2 Å². The van der Waals surface area contributed by atoms with Gasteiger partial charge in [0.2, 0.25) is 0 Å². The van der Waals surface area contributed by atoms with Gasteiger partial charge >= 0.3 is 5.97 Å². The molecule has 1 aromatic carbocycles. The Bertz CT molecular complexity index is 907. The Kier molecular flexibility index (Phi) is 4.83. The van der Waals surface area contributed by atoms with E-state index in [2.05, 4.69) is 9.97 Å². The molecular weight excluding hydrogens is 358 g/mol. The van der Waals surface area contributed by atoms with Crippen molar-refractivity contribution in [2.24, 2.45) is 5.92 Å². The molecule has 148 valence electrons. The number of fused-ring (bicyclic) bond motifs is 1. The van der Waals surface area contributed by atoms with Crippen LogP contribution in [-0.4, -0.2) is 51.0 Å². The number of nitrogens with zero attached hydrogens (tertiary/aromatic N) is 2. The Labute approximate surface area is 163 Å². The van der Waals surface area contributed by atoms with Crippen LogP contribution in [0.2, 0.25) is 0 Å². The molecule has 1 aliphatic heterocycles. The number of nitrogens with one attached hydrogen (secondary N) is 1. The number of aromatic amines is 1. The van der Waals surface area contributed by atoms with Crippen LogP contribution in [0.5, 0.6) is 5.75 Å². The van der Waals surface area contributed by atoms with E-state index < -0.39 is 12.0 Å². The molecule has 1 saturated carbocycles. The quantitative estimate of drug-likeness (QED) is 0.845. The molecule has 2 aromatic rings. The highest BCUT2D eigenvalue weighted by atomic mass is 16.5. The lowest BCUT2D eigenvalue weighted by Crippen LogP contribution is -2.46. The Morgan fingerprint density at radius 1 is 1.29 bits per heavy atom. The molecule has 1 aromatic heterocycles. The summed E-state index contributed by atoms with van der Waals surface area (Å²) in [5.74, 6) is 0.338. The molecular formula is C21H25N3O4. The maximum absolute atomic E-state index is 13.4. The predicted molar refractivity (Wildman–Crippen MR) is 103 cm³/mol. The number of hydrogen-bond acceptors (Lipinski definition) is 4. The van der Waals surface area contributed by atoms with Gasteiger partial charge < -0.3 is 19.7 Å². The summed E-state index contributed by atoms with van der Waals surface area (Å²) in [7, 11) is 1.60. The van der Waals surface area contributed by atoms with Crippen molar-refractivity contribution >= 4 is 11.9 Å². The SMILES string of the molecule is COc1cccc(-c2nc(C(=O)N3C(C(=O)O)CC4CCCCC43)c(C)[nH]2)c1. The van der Waals surface area contributed by atoms with Crippen molar-refractivity contribution in [3.8, 4) is 17.1 Å². The number of hydrogen-bond donors (Lipinski definition) is 2. The van der Waals surface area contributed by atoms with Gasteiger partial charge in [0.1, 0.15) is 23.3 Å². The van der Waals surface area contributed by atoms with Gasteiger partial charge in [-0.2, -0.15) is 0 Å². The van der Waals surface area contributed by atoms with Gasteiger partial charge in [0.25, 0.3) is 5.91 Å². The van der Waals surface area contributed by atoms with Crippen LogP contribution in [0.15, 0.2) is 24.3 Å². The van der Waals surface area contributed by atoms with Crippen molar-refractivity contribution in [3.63, 3.8) is 0 Å². The highest BCUT2D eigenvalue weighted by Gasteiger charge is 2.48. The predicted octanol–water partition coefficient (Wildman–Crippen LogP) is 3.25. The van der Waals surface area contributed by atoms with E-state index in [1.54, 1.807) is 18.9 Å². The maximum atomic E-state index is 13.4. The number of rotatable bonds is 4. The van der Waals surface area contributed by atoms with E-state index in [9.17, 15) is 14.7 Å². The Hall–Kier alpha value is -2.83. The molecule has 3 atom stereocenters. The zero-order chi connectivity index (χ0) is 19.8. The van der Waals surface area contributed by atoms with Crippen LogP contribution in [0.25, 0.3) is 11.4 Å². The van der Waals surface area contributed by atoms with Gasteiger partial charge in [0.05, 0.1) is 7.11 Å². The zero-order valence-electron chi connectivity index (χ0n) is 16.1. The first-order valence-electron chi connectivity index (χ1n) is 9.76. The third-order valence-electron chi connectivity index (χ3n) is 6.04. The number of ether oxygens (including phenoxy) is 1. The smallest absolute Gasteiger partial charge is 0.326 e. The summed E-state index contributed by atoms with van der Waals surface area (Å²) in [5, 5.41) is 9.70. The standard InChI is InChI=1S/C21H25N3O4/c1-12-18(23-19(22-12)14-7-5-8-15(10-14)28-2)20(25)24-16-9-4-3-6-13(16)11-17(24)21(26)27/h5,7-8,10,13,16-17H,3-4,6,9,11H2,1-2H3,(H,22,23)(H,26,27). The highest BCUT2D eigenvalue weighted by Crippen LogP contribution is 2.40. The van der Waals surface area contributed by atoms with E-state index in [4.69, 9.17) is 4.74 Å². The Morgan fingerprint density at radius 2 is 2.07 bits per heavy atom. The summed E-state index contributed by atoms with van der Waals surface area (Å²) >= 11 is 0. The summed E-state index contributed by atoms with van der Waals surface area (Å²) in [5.41, 5.74) is 1.76. The molecule has 1 aliphatic carbocycles. The van der Waals surface area contributed by atoms with Crippen molar-refractivity contribution in [3.05, 3.63) is 35.7 Å². The number of likely N-dealkylation sites (tertiary alicyclic amines) is 1. The number of carboxylic acid groups (broad SMARTS) is 1. The topological polar surface area (TPSA) is 95.5 Å². The lowest BCUT2D eigenvalue weighted by Gasteiger charge is -2.32. The average Bonchev–Trinajstić information content (AvgIpc) is 3.28. The molecule has 1 amide bonds. The third kappa shape index (κ3) is 3.15. The second kappa shape index (κ2) is 7.30. The van der Waals surface area contributed by atoms with Crippen molar-refractivity contribution in [2.75, 3.05) is 7.11 Å². The van der Waals surface area contributed by atoms with Gasteiger partial charge in [-0.25, -0.2) is 9.78 Å². The summed E-state index contributed by atoms with van der Waals surface area (Å²) in [4.78, 5) is 34.5. The monoisotopic (exact) mass is 383 g/mol. The molecule has 3 unspecified atom stereocenters. The molecule has 0 spiro atoms. The van der Waals surface area contributed by atoms with Crippen LogP contribution in [0.3, 0.4) is 0 Å². The third-order valence-corrected chi connectivity index (χ3v) is 6.04. The molecule has 2 heterocycles. The normalized spacial score (nSPS) is 24.1. The minimum Gasteiger partial charge on any atom is -0.497 e. The zero-order valence-corrected chi connectivity index (χ0v) is 16.1. The lowest BCUT2D eigenvalue weighted by molar-refractivity contribution is -0.141. The van der Waals surface area contributed by atoms with Crippen LogP contribution in [0, 0.1) is 12.8 Å². The van der Waals surface area contributed by atoms with Crippen LogP contribution < -0.4 is 4.74 Å². The fourth-order valence-electron chi connectivity index (χ4n) is 4.67. The largest absolute Gasteiger partial charge is 0.497 e. The second-order valence-electron chi connectivity index (χ2n) is 7.71. The van der Waals surface area contributed by atoms with Crippen molar-refractivity contribution in [2.45, 2.75) is 51.1 Å².